The first kappa shape index (κ1) is 44.5. The molecule has 2 aromatic carbocycles. The van der Waals surface area contributed by atoms with Gasteiger partial charge in [-0.15, -0.1) is 0 Å². The molecule has 1 aliphatic heterocycles. The van der Waals surface area contributed by atoms with Crippen molar-refractivity contribution in [2.45, 2.75) is 77.9 Å². The van der Waals surface area contributed by atoms with Gasteiger partial charge in [0.25, 0.3) is 5.91 Å². The summed E-state index contributed by atoms with van der Waals surface area (Å²) in [6.45, 7) is 10.7. The molecule has 0 saturated carbocycles. The Balaban J connectivity index is 0.994. The number of aliphatic hydroxyl groups excluding tert-OH is 1. The van der Waals surface area contributed by atoms with Gasteiger partial charge in [0, 0.05) is 38.6 Å². The van der Waals surface area contributed by atoms with Crippen LogP contribution in [0.1, 0.15) is 87.5 Å². The molecule has 6 unspecified atom stereocenters. The summed E-state index contributed by atoms with van der Waals surface area (Å²) in [5, 5.41) is 14.7. The third-order valence-electron chi connectivity index (χ3n) is 12.3. The summed E-state index contributed by atoms with van der Waals surface area (Å²) >= 11 is 0. The van der Waals surface area contributed by atoms with Crippen LogP contribution in [0.4, 0.5) is 4.79 Å². The molecule has 4 N–H and O–H groups in total. The molecule has 7 rings (SSSR count). The second-order valence-corrected chi connectivity index (χ2v) is 16.7. The summed E-state index contributed by atoms with van der Waals surface area (Å²) in [6.07, 6.45) is 18.6. The van der Waals surface area contributed by atoms with Gasteiger partial charge < -0.3 is 29.4 Å². The number of likely N-dealkylation sites (N-methyl/N-ethyl adjacent to an activating group) is 1. The number of carbonyl (C=O) groups is 2. The Labute approximate surface area is 365 Å². The minimum Gasteiger partial charge on any atom is -0.453 e. The maximum atomic E-state index is 14.3. The molecule has 2 aliphatic carbocycles. The van der Waals surface area contributed by atoms with Crippen molar-refractivity contribution in [1.82, 2.24) is 40.0 Å². The molecule has 1 saturated heterocycles. The van der Waals surface area contributed by atoms with Gasteiger partial charge in [-0.25, -0.2) is 14.8 Å². The number of amides is 2. The summed E-state index contributed by atoms with van der Waals surface area (Å²) in [6, 6.07) is 16.7. The van der Waals surface area contributed by atoms with Crippen LogP contribution in [0.25, 0.3) is 22.4 Å². The molecule has 13 nitrogen and oxygen atoms in total. The average Bonchev–Trinajstić information content (AvgIpc) is 4.10. The number of aromatic nitrogens is 4. The van der Waals surface area contributed by atoms with E-state index >= 15 is 0 Å². The number of H-pyrrole nitrogens is 2. The summed E-state index contributed by atoms with van der Waals surface area (Å²) in [5.41, 5.74) is 7.00. The van der Waals surface area contributed by atoms with E-state index in [2.05, 4.69) is 102 Å². The quantitative estimate of drug-likeness (QED) is 0.0734. The van der Waals surface area contributed by atoms with Crippen molar-refractivity contribution >= 4 is 23.1 Å². The number of aliphatic hydroxyl groups is 1. The van der Waals surface area contributed by atoms with E-state index in [4.69, 9.17) is 19.4 Å². The molecule has 6 atom stereocenters. The average molecular weight is 843 g/mol. The van der Waals surface area contributed by atoms with Crippen molar-refractivity contribution < 1.29 is 24.2 Å². The highest BCUT2D eigenvalue weighted by molar-refractivity contribution is 5.87. The highest BCUT2D eigenvalue weighted by Gasteiger charge is 2.40. The number of hydrogen-bond donors (Lipinski definition) is 4. The number of imidazole rings is 2. The first-order chi connectivity index (χ1) is 30.1. The van der Waals surface area contributed by atoms with Crippen LogP contribution in [0.15, 0.2) is 103 Å². The molecule has 1 fully saturated rings. The third-order valence-corrected chi connectivity index (χ3v) is 12.3. The molecular formula is C49H62N8O5. The molecule has 3 heterocycles. The predicted octanol–water partition coefficient (Wildman–Crippen LogP) is 7.88. The number of benzene rings is 2. The van der Waals surface area contributed by atoms with Gasteiger partial charge >= 0.3 is 6.09 Å². The lowest BCUT2D eigenvalue weighted by atomic mass is 9.79. The number of ether oxygens (including phenoxy) is 2. The molecule has 2 aromatic heterocycles. The minimum atomic E-state index is -0.803. The zero-order chi connectivity index (χ0) is 43.8. The molecule has 0 radical (unpaired) electrons. The van der Waals surface area contributed by atoms with Crippen LogP contribution in [-0.4, -0.2) is 105 Å². The second-order valence-electron chi connectivity index (χ2n) is 16.7. The number of hydrogen-bond acceptors (Lipinski definition) is 9. The molecule has 328 valence electrons. The molecular weight excluding hydrogens is 781 g/mol. The second kappa shape index (κ2) is 20.5. The lowest BCUT2D eigenvalue weighted by molar-refractivity contribution is -0.137. The van der Waals surface area contributed by atoms with E-state index in [9.17, 15) is 14.7 Å². The Morgan fingerprint density at radius 1 is 0.919 bits per heavy atom. The number of carbonyl (C=O) groups excluding carboxylic acids is 2. The monoisotopic (exact) mass is 842 g/mol. The summed E-state index contributed by atoms with van der Waals surface area (Å²) < 4.78 is 10.3. The lowest BCUT2D eigenvalue weighted by Crippen LogP contribution is -2.53. The van der Waals surface area contributed by atoms with E-state index in [1.165, 1.54) is 17.6 Å². The number of methoxy groups -OCH3 is 2. The third kappa shape index (κ3) is 9.86. The zero-order valence-corrected chi connectivity index (χ0v) is 36.8. The van der Waals surface area contributed by atoms with E-state index in [1.807, 2.05) is 54.5 Å². The summed E-state index contributed by atoms with van der Waals surface area (Å²) in [4.78, 5) is 49.1. The van der Waals surface area contributed by atoms with Crippen LogP contribution in [0.3, 0.4) is 0 Å². The molecule has 3 aliphatic rings. The minimum absolute atomic E-state index is 0.141. The zero-order valence-electron chi connectivity index (χ0n) is 36.8. The van der Waals surface area contributed by atoms with Crippen molar-refractivity contribution in [3.8, 4) is 11.3 Å². The van der Waals surface area contributed by atoms with Gasteiger partial charge in [-0.3, -0.25) is 19.9 Å². The van der Waals surface area contributed by atoms with E-state index in [0.29, 0.717) is 26.4 Å². The van der Waals surface area contributed by atoms with Crippen LogP contribution in [-0.2, 0) is 20.8 Å². The Bertz CT molecular complexity index is 2240. The van der Waals surface area contributed by atoms with Gasteiger partial charge in [-0.2, -0.15) is 0 Å². The van der Waals surface area contributed by atoms with E-state index in [1.54, 1.807) is 7.11 Å². The molecule has 0 spiro atoms. The van der Waals surface area contributed by atoms with Crippen LogP contribution >= 0.6 is 0 Å². The molecule has 62 heavy (non-hydrogen) atoms. The molecule has 4 aromatic rings. The van der Waals surface area contributed by atoms with Crippen molar-refractivity contribution in [2.75, 3.05) is 40.6 Å². The number of aromatic amines is 2. The van der Waals surface area contributed by atoms with Crippen molar-refractivity contribution in [3.63, 3.8) is 0 Å². The fourth-order valence-electron chi connectivity index (χ4n) is 8.98. The molecule has 0 bridgehead atoms. The predicted molar refractivity (Wildman–Crippen MR) is 242 cm³/mol. The molecule has 2 amide bonds. The van der Waals surface area contributed by atoms with Gasteiger partial charge in [0.05, 0.1) is 56.3 Å². The van der Waals surface area contributed by atoms with Crippen LogP contribution in [0, 0.1) is 17.8 Å². The lowest BCUT2D eigenvalue weighted by Gasteiger charge is -2.35. The maximum absolute atomic E-state index is 14.3. The van der Waals surface area contributed by atoms with Gasteiger partial charge in [-0.1, -0.05) is 112 Å². The van der Waals surface area contributed by atoms with Gasteiger partial charge in [0.1, 0.15) is 23.9 Å². The maximum Gasteiger partial charge on any atom is 0.410 e. The van der Waals surface area contributed by atoms with Crippen LogP contribution in [0.2, 0.25) is 0 Å². The standard InChI is InChI=1S/C49H62N8O5/c1-7-24-55(47(58)44(32(3)4)52-31-61-5)30-43-50-28-41(53-43)39-23-22-37-26-36(20-21-38(37)27-39)33-16-18-34(19-17-33)40-29-51-46(54-40)42-15-12-25-57(42)48(59)45(35-13-10-9-11-14-35)56(8-2)49(60)62-6/h9-11,13-14,16-23,26-29,32,37-38,42,44-45,47,52,58H,7-8,12,15,24-25,30-31H2,1-6H3,(H,50,53)(H,51,54). The highest BCUT2D eigenvalue weighted by Crippen LogP contribution is 2.38. The smallest absolute Gasteiger partial charge is 0.410 e. The fraction of sp³-hybridized carbons (Fsp3) is 0.429. The van der Waals surface area contributed by atoms with Crippen LogP contribution < -0.4 is 5.32 Å². The Hall–Kier alpha value is -5.60. The Morgan fingerprint density at radius 3 is 2.29 bits per heavy atom. The largest absolute Gasteiger partial charge is 0.453 e. The van der Waals surface area contributed by atoms with Crippen LogP contribution in [0.5, 0.6) is 0 Å². The molecule has 13 heteroatoms. The van der Waals surface area contributed by atoms with Gasteiger partial charge in [0.15, 0.2) is 0 Å². The first-order valence-electron chi connectivity index (χ1n) is 22.0. The normalized spacial score (nSPS) is 19.9. The number of nitrogens with one attached hydrogen (secondary N) is 3. The highest BCUT2D eigenvalue weighted by atomic mass is 16.5. The van der Waals surface area contributed by atoms with E-state index in [0.717, 1.165) is 71.1 Å². The topological polar surface area (TPSA) is 152 Å². The fourth-order valence-corrected chi connectivity index (χ4v) is 8.98. The van der Waals surface area contributed by atoms with E-state index in [-0.39, 0.29) is 35.7 Å². The summed E-state index contributed by atoms with van der Waals surface area (Å²) in [5.74, 6) is 2.08. The van der Waals surface area contributed by atoms with Crippen molar-refractivity contribution in [2.24, 2.45) is 17.8 Å². The number of likely N-dealkylation sites (tertiary alicyclic amines) is 1. The number of fused-ring (bicyclic) bond motifs is 1. The van der Waals surface area contributed by atoms with E-state index < -0.39 is 18.4 Å². The van der Waals surface area contributed by atoms with Gasteiger partial charge in [-0.05, 0) is 59.9 Å². The van der Waals surface area contributed by atoms with Crippen molar-refractivity contribution in [3.05, 3.63) is 132 Å². The number of allylic oxidation sites excluding steroid dienone is 8. The van der Waals surface area contributed by atoms with Crippen molar-refractivity contribution in [1.29, 1.82) is 0 Å². The SMILES string of the molecule is CCCN(Cc1ncc(C2=CC3C=CC(c4ccc(-c5cnc(C6CCCN6C(=O)C(c6ccccc6)N(CC)C(=O)OC)[nH]5)cc4)=CC3C=C2)[nH]1)C(O)C(NCOC)C(C)C. The Kier molecular flexibility index (Phi) is 14.7. The number of nitrogens with zero attached hydrogens (tertiary/aromatic N) is 5. The first-order valence-corrected chi connectivity index (χ1v) is 22.0. The number of rotatable bonds is 18. The summed E-state index contributed by atoms with van der Waals surface area (Å²) in [7, 11) is 2.99. The van der Waals surface area contributed by atoms with Gasteiger partial charge in [0.2, 0.25) is 0 Å². The Morgan fingerprint density at radius 2 is 1.61 bits per heavy atom.